The minimum absolute atomic E-state index is 0.228. The SMILES string of the molecule is CCCCN1CCN(CC)C1=O. The summed E-state index contributed by atoms with van der Waals surface area (Å²) in [6, 6.07) is 0.228. The first kappa shape index (κ1) is 9.36. The van der Waals surface area contributed by atoms with E-state index in [9.17, 15) is 4.79 Å². The van der Waals surface area contributed by atoms with Crippen molar-refractivity contribution in [2.75, 3.05) is 26.2 Å². The molecule has 1 aliphatic rings. The molecule has 3 nitrogen and oxygen atoms in total. The molecule has 3 heteroatoms. The van der Waals surface area contributed by atoms with Crippen molar-refractivity contribution in [3.63, 3.8) is 0 Å². The Morgan fingerprint density at radius 2 is 1.92 bits per heavy atom. The molecule has 0 unspecified atom stereocenters. The molecule has 2 amide bonds. The van der Waals surface area contributed by atoms with Crippen LogP contribution in [0.3, 0.4) is 0 Å². The van der Waals surface area contributed by atoms with Crippen molar-refractivity contribution in [2.45, 2.75) is 26.7 Å². The number of likely N-dealkylation sites (N-methyl/N-ethyl adjacent to an activating group) is 1. The van der Waals surface area contributed by atoms with E-state index in [1.165, 1.54) is 0 Å². The van der Waals surface area contributed by atoms with Crippen LogP contribution in [0.25, 0.3) is 0 Å². The van der Waals surface area contributed by atoms with Crippen molar-refractivity contribution >= 4 is 6.03 Å². The van der Waals surface area contributed by atoms with Crippen LogP contribution < -0.4 is 0 Å². The summed E-state index contributed by atoms with van der Waals surface area (Å²) in [7, 11) is 0. The highest BCUT2D eigenvalue weighted by atomic mass is 16.2. The highest BCUT2D eigenvalue weighted by Gasteiger charge is 2.25. The van der Waals surface area contributed by atoms with Crippen LogP contribution in [-0.2, 0) is 0 Å². The molecule has 0 aliphatic carbocycles. The van der Waals surface area contributed by atoms with Crippen LogP contribution in [0.1, 0.15) is 26.7 Å². The monoisotopic (exact) mass is 170 g/mol. The van der Waals surface area contributed by atoms with Crippen molar-refractivity contribution < 1.29 is 4.79 Å². The summed E-state index contributed by atoms with van der Waals surface area (Å²) in [5, 5.41) is 0. The zero-order chi connectivity index (χ0) is 8.97. The fourth-order valence-corrected chi connectivity index (χ4v) is 1.48. The lowest BCUT2D eigenvalue weighted by Crippen LogP contribution is -2.32. The second kappa shape index (κ2) is 4.33. The van der Waals surface area contributed by atoms with E-state index >= 15 is 0 Å². The summed E-state index contributed by atoms with van der Waals surface area (Å²) in [5.41, 5.74) is 0. The Kier molecular flexibility index (Phi) is 3.38. The summed E-state index contributed by atoms with van der Waals surface area (Å²) < 4.78 is 0. The molecular formula is C9H18N2O. The predicted octanol–water partition coefficient (Wildman–Crippen LogP) is 1.54. The lowest BCUT2D eigenvalue weighted by Gasteiger charge is -2.16. The van der Waals surface area contributed by atoms with Crippen molar-refractivity contribution in [3.8, 4) is 0 Å². The quantitative estimate of drug-likeness (QED) is 0.628. The van der Waals surface area contributed by atoms with Gasteiger partial charge in [0, 0.05) is 26.2 Å². The minimum Gasteiger partial charge on any atom is -0.323 e. The van der Waals surface area contributed by atoms with Crippen LogP contribution in [0, 0.1) is 0 Å². The topological polar surface area (TPSA) is 23.6 Å². The Morgan fingerprint density at radius 1 is 1.25 bits per heavy atom. The van der Waals surface area contributed by atoms with Crippen LogP contribution >= 0.6 is 0 Å². The Labute approximate surface area is 74.3 Å². The molecular weight excluding hydrogens is 152 g/mol. The van der Waals surface area contributed by atoms with Gasteiger partial charge in [0.1, 0.15) is 0 Å². The van der Waals surface area contributed by atoms with Gasteiger partial charge >= 0.3 is 6.03 Å². The summed E-state index contributed by atoms with van der Waals surface area (Å²) >= 11 is 0. The Hall–Kier alpha value is -0.730. The molecule has 1 aliphatic heterocycles. The average molecular weight is 170 g/mol. The van der Waals surface area contributed by atoms with Crippen LogP contribution in [0.4, 0.5) is 4.79 Å². The zero-order valence-corrected chi connectivity index (χ0v) is 8.05. The van der Waals surface area contributed by atoms with Gasteiger partial charge in [0.25, 0.3) is 0 Å². The van der Waals surface area contributed by atoms with E-state index in [1.807, 2.05) is 16.7 Å². The summed E-state index contributed by atoms with van der Waals surface area (Å²) in [6.45, 7) is 7.80. The molecule has 0 spiro atoms. The third-order valence-corrected chi connectivity index (χ3v) is 2.34. The molecule has 0 atom stereocenters. The van der Waals surface area contributed by atoms with Gasteiger partial charge in [-0.15, -0.1) is 0 Å². The summed E-state index contributed by atoms with van der Waals surface area (Å²) in [5.74, 6) is 0. The number of carbonyl (C=O) groups excluding carboxylic acids is 1. The first-order valence-corrected chi connectivity index (χ1v) is 4.83. The van der Waals surface area contributed by atoms with E-state index in [-0.39, 0.29) is 6.03 Å². The maximum absolute atomic E-state index is 11.5. The number of amides is 2. The fourth-order valence-electron chi connectivity index (χ4n) is 1.48. The summed E-state index contributed by atoms with van der Waals surface area (Å²) in [6.07, 6.45) is 2.29. The smallest absolute Gasteiger partial charge is 0.320 e. The number of unbranched alkanes of at least 4 members (excludes halogenated alkanes) is 1. The molecule has 1 heterocycles. The van der Waals surface area contributed by atoms with Gasteiger partial charge < -0.3 is 9.80 Å². The highest BCUT2D eigenvalue weighted by molar-refractivity contribution is 5.76. The third-order valence-electron chi connectivity index (χ3n) is 2.34. The van der Waals surface area contributed by atoms with Gasteiger partial charge in [-0.2, -0.15) is 0 Å². The minimum atomic E-state index is 0.228. The first-order valence-electron chi connectivity index (χ1n) is 4.83. The van der Waals surface area contributed by atoms with E-state index in [1.54, 1.807) is 0 Å². The first-order chi connectivity index (χ1) is 5.79. The van der Waals surface area contributed by atoms with Crippen LogP contribution in [0.5, 0.6) is 0 Å². The van der Waals surface area contributed by atoms with Crippen molar-refractivity contribution in [1.29, 1.82) is 0 Å². The maximum atomic E-state index is 11.5. The largest absolute Gasteiger partial charge is 0.323 e. The summed E-state index contributed by atoms with van der Waals surface area (Å²) in [4.78, 5) is 15.3. The Morgan fingerprint density at radius 3 is 2.42 bits per heavy atom. The number of carbonyl (C=O) groups is 1. The van der Waals surface area contributed by atoms with Crippen LogP contribution in [0.2, 0.25) is 0 Å². The number of nitrogens with zero attached hydrogens (tertiary/aromatic N) is 2. The number of hydrogen-bond acceptors (Lipinski definition) is 1. The zero-order valence-electron chi connectivity index (χ0n) is 8.05. The van der Waals surface area contributed by atoms with E-state index in [2.05, 4.69) is 6.92 Å². The molecule has 1 fully saturated rings. The Balaban J connectivity index is 2.33. The third kappa shape index (κ3) is 1.90. The predicted molar refractivity (Wildman–Crippen MR) is 49.1 cm³/mol. The molecule has 70 valence electrons. The highest BCUT2D eigenvalue weighted by Crippen LogP contribution is 2.08. The molecule has 1 rings (SSSR count). The van der Waals surface area contributed by atoms with Crippen LogP contribution in [-0.4, -0.2) is 42.0 Å². The molecule has 0 aromatic heterocycles. The average Bonchev–Trinajstić information content (AvgIpc) is 2.43. The van der Waals surface area contributed by atoms with Gasteiger partial charge in [0.05, 0.1) is 0 Å². The van der Waals surface area contributed by atoms with Gasteiger partial charge in [-0.3, -0.25) is 0 Å². The van der Waals surface area contributed by atoms with Gasteiger partial charge in [0.2, 0.25) is 0 Å². The Bertz CT molecular complexity index is 159. The molecule has 0 aromatic rings. The lowest BCUT2D eigenvalue weighted by molar-refractivity contribution is 0.193. The lowest BCUT2D eigenvalue weighted by atomic mass is 10.3. The maximum Gasteiger partial charge on any atom is 0.320 e. The molecule has 0 aromatic carbocycles. The molecule has 0 N–H and O–H groups in total. The second-order valence-corrected chi connectivity index (χ2v) is 3.20. The molecule has 12 heavy (non-hydrogen) atoms. The second-order valence-electron chi connectivity index (χ2n) is 3.20. The number of hydrogen-bond donors (Lipinski definition) is 0. The van der Waals surface area contributed by atoms with Gasteiger partial charge in [-0.1, -0.05) is 13.3 Å². The number of urea groups is 1. The fraction of sp³-hybridized carbons (Fsp3) is 0.889. The van der Waals surface area contributed by atoms with Gasteiger partial charge in [0.15, 0.2) is 0 Å². The standard InChI is InChI=1S/C9H18N2O/c1-3-5-6-11-8-7-10(4-2)9(11)12/h3-8H2,1-2H3. The van der Waals surface area contributed by atoms with Crippen molar-refractivity contribution in [2.24, 2.45) is 0 Å². The van der Waals surface area contributed by atoms with E-state index < -0.39 is 0 Å². The van der Waals surface area contributed by atoms with E-state index in [0.717, 1.165) is 39.0 Å². The van der Waals surface area contributed by atoms with E-state index in [0.29, 0.717) is 0 Å². The van der Waals surface area contributed by atoms with Gasteiger partial charge in [-0.25, -0.2) is 4.79 Å². The van der Waals surface area contributed by atoms with Crippen molar-refractivity contribution in [1.82, 2.24) is 9.80 Å². The molecule has 0 bridgehead atoms. The number of rotatable bonds is 4. The molecule has 0 radical (unpaired) electrons. The van der Waals surface area contributed by atoms with Crippen molar-refractivity contribution in [3.05, 3.63) is 0 Å². The van der Waals surface area contributed by atoms with Crippen LogP contribution in [0.15, 0.2) is 0 Å². The normalized spacial score (nSPS) is 17.7. The molecule has 0 saturated carbocycles. The van der Waals surface area contributed by atoms with Gasteiger partial charge in [-0.05, 0) is 13.3 Å². The molecule has 1 saturated heterocycles. The van der Waals surface area contributed by atoms with E-state index in [4.69, 9.17) is 0 Å².